The highest BCUT2D eigenvalue weighted by molar-refractivity contribution is 7.88. The lowest BCUT2D eigenvalue weighted by Gasteiger charge is -2.32. The van der Waals surface area contributed by atoms with Crippen LogP contribution in [0.3, 0.4) is 0 Å². The van der Waals surface area contributed by atoms with Gasteiger partial charge >= 0.3 is 0 Å². The van der Waals surface area contributed by atoms with Crippen LogP contribution in [0.25, 0.3) is 0 Å². The SMILES string of the molecule is CN(C1CCC(N)CC1)S(=O)(=O)Cc1ccc(F)cc1. The predicted octanol–water partition coefficient (Wildman–Crippen LogP) is 1.86. The molecular weight excluding hydrogens is 279 g/mol. The highest BCUT2D eigenvalue weighted by Crippen LogP contribution is 2.24. The minimum absolute atomic E-state index is 0.0280. The Balaban J connectivity index is 2.04. The van der Waals surface area contributed by atoms with E-state index in [1.54, 1.807) is 7.05 Å². The van der Waals surface area contributed by atoms with Crippen LogP contribution < -0.4 is 5.73 Å². The lowest BCUT2D eigenvalue weighted by Crippen LogP contribution is -2.42. The lowest BCUT2D eigenvalue weighted by molar-refractivity contribution is 0.268. The van der Waals surface area contributed by atoms with E-state index in [4.69, 9.17) is 5.73 Å². The molecule has 0 aliphatic heterocycles. The number of nitrogens with zero attached hydrogens (tertiary/aromatic N) is 1. The average Bonchev–Trinajstić information content (AvgIpc) is 2.41. The molecule has 1 aromatic rings. The van der Waals surface area contributed by atoms with Crippen molar-refractivity contribution in [1.82, 2.24) is 4.31 Å². The normalized spacial score (nSPS) is 24.0. The zero-order valence-electron chi connectivity index (χ0n) is 11.6. The maximum atomic E-state index is 12.8. The van der Waals surface area contributed by atoms with Crippen molar-refractivity contribution in [1.29, 1.82) is 0 Å². The van der Waals surface area contributed by atoms with Crippen molar-refractivity contribution in [2.75, 3.05) is 7.05 Å². The third kappa shape index (κ3) is 3.77. The molecule has 4 nitrogen and oxygen atoms in total. The van der Waals surface area contributed by atoms with Crippen LogP contribution in [0, 0.1) is 5.82 Å². The summed E-state index contributed by atoms with van der Waals surface area (Å²) in [4.78, 5) is 0. The second-order valence-corrected chi connectivity index (χ2v) is 7.50. The third-order valence-corrected chi connectivity index (χ3v) is 5.83. The Morgan fingerprint density at radius 1 is 1.20 bits per heavy atom. The summed E-state index contributed by atoms with van der Waals surface area (Å²) in [7, 11) is -1.75. The van der Waals surface area contributed by atoms with Crippen LogP contribution in [0.1, 0.15) is 31.2 Å². The highest BCUT2D eigenvalue weighted by atomic mass is 32.2. The van der Waals surface area contributed by atoms with Gasteiger partial charge in [-0.15, -0.1) is 0 Å². The minimum Gasteiger partial charge on any atom is -0.328 e. The van der Waals surface area contributed by atoms with Crippen molar-refractivity contribution in [3.63, 3.8) is 0 Å². The zero-order chi connectivity index (χ0) is 14.8. The Morgan fingerprint density at radius 2 is 1.75 bits per heavy atom. The zero-order valence-corrected chi connectivity index (χ0v) is 12.4. The number of nitrogens with two attached hydrogens (primary N) is 1. The van der Waals surface area contributed by atoms with Crippen LogP contribution in [0.4, 0.5) is 4.39 Å². The van der Waals surface area contributed by atoms with E-state index >= 15 is 0 Å². The Labute approximate surface area is 119 Å². The summed E-state index contributed by atoms with van der Waals surface area (Å²) in [5.74, 6) is -0.451. The number of rotatable bonds is 4. The van der Waals surface area contributed by atoms with Gasteiger partial charge in [-0.1, -0.05) is 12.1 Å². The van der Waals surface area contributed by atoms with Gasteiger partial charge in [-0.25, -0.2) is 17.1 Å². The van der Waals surface area contributed by atoms with E-state index in [2.05, 4.69) is 0 Å². The molecule has 2 N–H and O–H groups in total. The highest BCUT2D eigenvalue weighted by Gasteiger charge is 2.29. The summed E-state index contributed by atoms with van der Waals surface area (Å²) in [6.07, 6.45) is 3.34. The summed E-state index contributed by atoms with van der Waals surface area (Å²) in [5, 5.41) is 0. The van der Waals surface area contributed by atoms with Gasteiger partial charge < -0.3 is 5.73 Å². The van der Waals surface area contributed by atoms with E-state index in [9.17, 15) is 12.8 Å². The lowest BCUT2D eigenvalue weighted by atomic mass is 9.92. The third-order valence-electron chi connectivity index (χ3n) is 3.96. The molecule has 1 aliphatic rings. The van der Waals surface area contributed by atoms with Crippen molar-refractivity contribution >= 4 is 10.0 Å². The van der Waals surface area contributed by atoms with Gasteiger partial charge in [0.25, 0.3) is 0 Å². The first-order chi connectivity index (χ1) is 9.38. The molecule has 2 rings (SSSR count). The van der Waals surface area contributed by atoms with Crippen LogP contribution >= 0.6 is 0 Å². The second kappa shape index (κ2) is 6.20. The molecule has 0 unspecified atom stereocenters. The monoisotopic (exact) mass is 300 g/mol. The molecule has 0 aromatic heterocycles. The number of hydrogen-bond donors (Lipinski definition) is 1. The van der Waals surface area contributed by atoms with E-state index in [1.165, 1.54) is 28.6 Å². The first kappa shape index (κ1) is 15.4. The molecule has 0 heterocycles. The number of hydrogen-bond acceptors (Lipinski definition) is 3. The number of benzene rings is 1. The van der Waals surface area contributed by atoms with Crippen LogP contribution in [0.2, 0.25) is 0 Å². The Hall–Kier alpha value is -0.980. The fourth-order valence-electron chi connectivity index (χ4n) is 2.59. The van der Waals surface area contributed by atoms with Gasteiger partial charge in [0.15, 0.2) is 0 Å². The largest absolute Gasteiger partial charge is 0.328 e. The Morgan fingerprint density at radius 3 is 2.30 bits per heavy atom. The molecule has 1 aliphatic carbocycles. The van der Waals surface area contributed by atoms with E-state index in [0.29, 0.717) is 5.56 Å². The number of sulfonamides is 1. The first-order valence-electron chi connectivity index (χ1n) is 6.84. The fourth-order valence-corrected chi connectivity index (χ4v) is 4.07. The topological polar surface area (TPSA) is 63.4 Å². The van der Waals surface area contributed by atoms with Gasteiger partial charge in [-0.05, 0) is 43.4 Å². The van der Waals surface area contributed by atoms with Crippen molar-refractivity contribution < 1.29 is 12.8 Å². The van der Waals surface area contributed by atoms with E-state index in [1.807, 2.05) is 0 Å². The van der Waals surface area contributed by atoms with Crippen molar-refractivity contribution in [3.05, 3.63) is 35.6 Å². The molecular formula is C14H21FN2O2S. The van der Waals surface area contributed by atoms with Crippen LogP contribution in [0.5, 0.6) is 0 Å². The molecule has 112 valence electrons. The average molecular weight is 300 g/mol. The number of halogens is 1. The van der Waals surface area contributed by atoms with Gasteiger partial charge in [-0.2, -0.15) is 0 Å². The summed E-state index contributed by atoms with van der Waals surface area (Å²) in [5.41, 5.74) is 6.44. The van der Waals surface area contributed by atoms with E-state index < -0.39 is 10.0 Å². The van der Waals surface area contributed by atoms with Gasteiger partial charge in [0, 0.05) is 19.1 Å². The maximum Gasteiger partial charge on any atom is 0.218 e. The fraction of sp³-hybridized carbons (Fsp3) is 0.571. The van der Waals surface area contributed by atoms with Gasteiger partial charge in [0.1, 0.15) is 5.82 Å². The van der Waals surface area contributed by atoms with Crippen LogP contribution in [-0.4, -0.2) is 31.9 Å². The molecule has 1 saturated carbocycles. The molecule has 0 amide bonds. The molecule has 0 radical (unpaired) electrons. The first-order valence-corrected chi connectivity index (χ1v) is 8.45. The smallest absolute Gasteiger partial charge is 0.218 e. The second-order valence-electron chi connectivity index (χ2n) is 5.47. The Kier molecular flexibility index (Phi) is 4.78. The van der Waals surface area contributed by atoms with Crippen molar-refractivity contribution in [3.8, 4) is 0 Å². The van der Waals surface area contributed by atoms with E-state index in [0.717, 1.165) is 25.7 Å². The molecule has 20 heavy (non-hydrogen) atoms. The predicted molar refractivity (Wildman–Crippen MR) is 77.0 cm³/mol. The van der Waals surface area contributed by atoms with Crippen LogP contribution in [-0.2, 0) is 15.8 Å². The summed E-state index contributed by atoms with van der Waals surface area (Å²) >= 11 is 0. The van der Waals surface area contributed by atoms with Crippen LogP contribution in [0.15, 0.2) is 24.3 Å². The molecule has 0 atom stereocenters. The molecule has 6 heteroatoms. The molecule has 1 fully saturated rings. The van der Waals surface area contributed by atoms with E-state index in [-0.39, 0.29) is 23.7 Å². The minimum atomic E-state index is -3.37. The molecule has 1 aromatic carbocycles. The van der Waals surface area contributed by atoms with Gasteiger partial charge in [0.05, 0.1) is 5.75 Å². The van der Waals surface area contributed by atoms with Gasteiger partial charge in [-0.3, -0.25) is 0 Å². The molecule has 0 bridgehead atoms. The quantitative estimate of drug-likeness (QED) is 0.923. The molecule has 0 spiro atoms. The Bertz CT molecular complexity index is 537. The summed E-state index contributed by atoms with van der Waals surface area (Å²) in [6, 6.07) is 5.81. The summed E-state index contributed by atoms with van der Waals surface area (Å²) in [6.45, 7) is 0. The summed E-state index contributed by atoms with van der Waals surface area (Å²) < 4.78 is 39.0. The van der Waals surface area contributed by atoms with Gasteiger partial charge in [0.2, 0.25) is 10.0 Å². The maximum absolute atomic E-state index is 12.8. The molecule has 0 saturated heterocycles. The standard InChI is InChI=1S/C14H21FN2O2S/c1-17(14-8-6-13(16)7-9-14)20(18,19)10-11-2-4-12(15)5-3-11/h2-5,13-14H,6-10,16H2,1H3. The van der Waals surface area contributed by atoms with Crippen molar-refractivity contribution in [2.24, 2.45) is 5.73 Å². The van der Waals surface area contributed by atoms with Crippen molar-refractivity contribution in [2.45, 2.75) is 43.5 Å².